The van der Waals surface area contributed by atoms with Gasteiger partial charge in [-0.1, -0.05) is 12.1 Å². The Morgan fingerprint density at radius 1 is 1.06 bits per heavy atom. The van der Waals surface area contributed by atoms with Crippen LogP contribution in [0.3, 0.4) is 0 Å². The van der Waals surface area contributed by atoms with E-state index >= 15 is 0 Å². The lowest BCUT2D eigenvalue weighted by Gasteiger charge is -2.37. The van der Waals surface area contributed by atoms with Crippen LogP contribution in [0.2, 0.25) is 0 Å². The van der Waals surface area contributed by atoms with Crippen LogP contribution in [0.1, 0.15) is 38.2 Å². The number of phenols is 1. The molecule has 2 N–H and O–H groups in total. The molecule has 2 amide bonds. The van der Waals surface area contributed by atoms with Gasteiger partial charge in [-0.3, -0.25) is 0 Å². The second-order valence-electron chi connectivity index (χ2n) is 8.61. The average molecular weight is 428 g/mol. The van der Waals surface area contributed by atoms with Crippen molar-refractivity contribution in [1.29, 1.82) is 0 Å². The number of anilines is 2. The second kappa shape index (κ2) is 9.14. The molecule has 0 saturated carbocycles. The SMILES string of the molecule is C[C@@H]1CN(c2ccc(NC(=O)N3CCC(c4ccc(O)cc4)CC3)cc2F)C[C@@H](C)O1. The van der Waals surface area contributed by atoms with E-state index in [0.717, 1.165) is 12.8 Å². The Bertz CT molecular complexity index is 903. The Morgan fingerprint density at radius 2 is 1.71 bits per heavy atom. The number of urea groups is 1. The van der Waals surface area contributed by atoms with E-state index in [2.05, 4.69) is 5.32 Å². The van der Waals surface area contributed by atoms with Crippen molar-refractivity contribution in [1.82, 2.24) is 4.90 Å². The summed E-state index contributed by atoms with van der Waals surface area (Å²) in [6.07, 6.45) is 1.82. The zero-order valence-electron chi connectivity index (χ0n) is 18.1. The molecule has 2 fully saturated rings. The van der Waals surface area contributed by atoms with Crippen LogP contribution in [0, 0.1) is 5.82 Å². The van der Waals surface area contributed by atoms with E-state index < -0.39 is 0 Å². The zero-order valence-corrected chi connectivity index (χ0v) is 18.1. The zero-order chi connectivity index (χ0) is 22.0. The normalized spacial score (nSPS) is 22.4. The second-order valence-corrected chi connectivity index (χ2v) is 8.61. The number of morpholine rings is 1. The number of phenolic OH excluding ortho intramolecular Hbond substituents is 1. The summed E-state index contributed by atoms with van der Waals surface area (Å²) in [6.45, 7) is 6.54. The quantitative estimate of drug-likeness (QED) is 0.754. The molecule has 6 nitrogen and oxygen atoms in total. The first-order chi connectivity index (χ1) is 14.9. The maximum Gasteiger partial charge on any atom is 0.321 e. The predicted molar refractivity (Wildman–Crippen MR) is 119 cm³/mol. The van der Waals surface area contributed by atoms with Crippen molar-refractivity contribution in [3.05, 3.63) is 53.8 Å². The minimum atomic E-state index is -0.342. The van der Waals surface area contributed by atoms with E-state index in [1.165, 1.54) is 11.6 Å². The summed E-state index contributed by atoms with van der Waals surface area (Å²) in [7, 11) is 0. The lowest BCUT2D eigenvalue weighted by molar-refractivity contribution is -0.00539. The Labute approximate surface area is 182 Å². The molecule has 2 aliphatic heterocycles. The van der Waals surface area contributed by atoms with Crippen molar-refractivity contribution in [2.45, 2.75) is 44.8 Å². The summed E-state index contributed by atoms with van der Waals surface area (Å²) < 4.78 is 20.5. The van der Waals surface area contributed by atoms with Gasteiger partial charge in [0.2, 0.25) is 0 Å². The highest BCUT2D eigenvalue weighted by Gasteiger charge is 2.26. The van der Waals surface area contributed by atoms with Crippen LogP contribution >= 0.6 is 0 Å². The first kappa shape index (κ1) is 21.4. The number of ether oxygens (including phenoxy) is 1. The van der Waals surface area contributed by atoms with Crippen LogP contribution in [0.15, 0.2) is 42.5 Å². The van der Waals surface area contributed by atoms with Gasteiger partial charge in [-0.15, -0.1) is 0 Å². The van der Waals surface area contributed by atoms with E-state index in [0.29, 0.717) is 43.5 Å². The topological polar surface area (TPSA) is 65.0 Å². The van der Waals surface area contributed by atoms with Gasteiger partial charge in [0.1, 0.15) is 11.6 Å². The lowest BCUT2D eigenvalue weighted by Crippen LogP contribution is -2.45. The maximum absolute atomic E-state index is 14.8. The van der Waals surface area contributed by atoms with Gasteiger partial charge in [0.15, 0.2) is 0 Å². The molecule has 0 aromatic heterocycles. The summed E-state index contributed by atoms with van der Waals surface area (Å²) in [4.78, 5) is 16.4. The molecule has 4 rings (SSSR count). The molecular weight excluding hydrogens is 397 g/mol. The van der Waals surface area contributed by atoms with Crippen molar-refractivity contribution >= 4 is 17.4 Å². The fourth-order valence-electron chi connectivity index (χ4n) is 4.58. The Kier molecular flexibility index (Phi) is 6.32. The van der Waals surface area contributed by atoms with Gasteiger partial charge in [-0.05, 0) is 68.5 Å². The van der Waals surface area contributed by atoms with E-state index in [4.69, 9.17) is 4.74 Å². The molecule has 2 aromatic carbocycles. The number of benzene rings is 2. The van der Waals surface area contributed by atoms with E-state index in [1.807, 2.05) is 30.9 Å². The Hall–Kier alpha value is -2.80. The summed E-state index contributed by atoms with van der Waals surface area (Å²) in [5.41, 5.74) is 2.18. The first-order valence-corrected chi connectivity index (χ1v) is 10.9. The molecule has 7 heteroatoms. The van der Waals surface area contributed by atoms with Crippen molar-refractivity contribution in [3.8, 4) is 5.75 Å². The van der Waals surface area contributed by atoms with Crippen LogP contribution in [0.4, 0.5) is 20.6 Å². The number of rotatable bonds is 3. The van der Waals surface area contributed by atoms with Crippen LogP contribution < -0.4 is 10.2 Å². The predicted octanol–water partition coefficient (Wildman–Crippen LogP) is 4.56. The van der Waals surface area contributed by atoms with Crippen LogP contribution in [0.5, 0.6) is 5.75 Å². The third-order valence-electron chi connectivity index (χ3n) is 6.11. The first-order valence-electron chi connectivity index (χ1n) is 10.9. The van der Waals surface area contributed by atoms with Crippen molar-refractivity contribution < 1.29 is 19.0 Å². The fourth-order valence-corrected chi connectivity index (χ4v) is 4.58. The van der Waals surface area contributed by atoms with E-state index in [1.54, 1.807) is 29.2 Å². The van der Waals surface area contributed by atoms with Gasteiger partial charge in [-0.2, -0.15) is 0 Å². The van der Waals surface area contributed by atoms with Gasteiger partial charge in [0.25, 0.3) is 0 Å². The third kappa shape index (κ3) is 5.10. The standard InChI is InChI=1S/C24H30FN3O3/c1-16-14-28(15-17(2)31-16)23-8-5-20(13-22(23)25)26-24(30)27-11-9-19(10-12-27)18-3-6-21(29)7-4-18/h3-8,13,16-17,19,29H,9-12,14-15H2,1-2H3,(H,26,30)/t16-,17-/m1/s1. The van der Waals surface area contributed by atoms with Gasteiger partial charge in [0, 0.05) is 31.9 Å². The molecule has 0 bridgehead atoms. The van der Waals surface area contributed by atoms with Gasteiger partial charge >= 0.3 is 6.03 Å². The molecule has 31 heavy (non-hydrogen) atoms. The largest absolute Gasteiger partial charge is 0.508 e. The molecule has 0 unspecified atom stereocenters. The highest BCUT2D eigenvalue weighted by atomic mass is 19.1. The highest BCUT2D eigenvalue weighted by Crippen LogP contribution is 2.30. The number of likely N-dealkylation sites (tertiary alicyclic amines) is 1. The number of carbonyl (C=O) groups excluding carboxylic acids is 1. The van der Waals surface area contributed by atoms with Gasteiger partial charge in [0.05, 0.1) is 17.9 Å². The number of carbonyl (C=O) groups is 1. The number of amides is 2. The number of nitrogens with one attached hydrogen (secondary N) is 1. The number of aromatic hydroxyl groups is 1. The highest BCUT2D eigenvalue weighted by molar-refractivity contribution is 5.89. The van der Waals surface area contributed by atoms with Crippen molar-refractivity contribution in [2.24, 2.45) is 0 Å². The smallest absolute Gasteiger partial charge is 0.321 e. The molecule has 2 aliphatic rings. The van der Waals surface area contributed by atoms with Crippen LogP contribution in [0.25, 0.3) is 0 Å². The summed E-state index contributed by atoms with van der Waals surface area (Å²) in [5.74, 6) is 0.293. The van der Waals surface area contributed by atoms with E-state index in [9.17, 15) is 14.3 Å². The molecule has 2 saturated heterocycles. The number of nitrogens with zero attached hydrogens (tertiary/aromatic N) is 2. The molecule has 0 aliphatic carbocycles. The van der Waals surface area contributed by atoms with Crippen LogP contribution in [-0.4, -0.2) is 54.4 Å². The fraction of sp³-hybridized carbons (Fsp3) is 0.458. The molecule has 2 aromatic rings. The Balaban J connectivity index is 1.33. The third-order valence-corrected chi connectivity index (χ3v) is 6.11. The van der Waals surface area contributed by atoms with Gasteiger partial charge < -0.3 is 25.0 Å². The number of halogens is 1. The molecule has 0 radical (unpaired) electrons. The monoisotopic (exact) mass is 427 g/mol. The number of hydrogen-bond acceptors (Lipinski definition) is 4. The molecule has 0 spiro atoms. The molecular formula is C24H30FN3O3. The van der Waals surface area contributed by atoms with Crippen molar-refractivity contribution in [2.75, 3.05) is 36.4 Å². The van der Waals surface area contributed by atoms with E-state index in [-0.39, 0.29) is 29.8 Å². The van der Waals surface area contributed by atoms with Crippen molar-refractivity contribution in [3.63, 3.8) is 0 Å². The molecule has 2 heterocycles. The number of piperidine rings is 1. The molecule has 2 atom stereocenters. The minimum absolute atomic E-state index is 0.0482. The maximum atomic E-state index is 14.8. The summed E-state index contributed by atoms with van der Waals surface area (Å²) >= 11 is 0. The number of hydrogen-bond donors (Lipinski definition) is 2. The lowest BCUT2D eigenvalue weighted by atomic mass is 9.89. The molecule has 166 valence electrons. The summed E-state index contributed by atoms with van der Waals surface area (Å²) in [5, 5.41) is 12.3. The van der Waals surface area contributed by atoms with Crippen LogP contribution in [-0.2, 0) is 4.74 Å². The Morgan fingerprint density at radius 3 is 2.32 bits per heavy atom. The summed E-state index contributed by atoms with van der Waals surface area (Å²) in [6, 6.07) is 11.9. The average Bonchev–Trinajstić information content (AvgIpc) is 2.74. The minimum Gasteiger partial charge on any atom is -0.508 e. The van der Waals surface area contributed by atoms with Gasteiger partial charge in [-0.25, -0.2) is 9.18 Å².